The number of hydrogen-bond donors (Lipinski definition) is 1. The van der Waals surface area contributed by atoms with E-state index in [1.807, 2.05) is 18.2 Å². The van der Waals surface area contributed by atoms with Crippen LogP contribution < -0.4 is 10.2 Å². The van der Waals surface area contributed by atoms with Crippen molar-refractivity contribution in [3.8, 4) is 0 Å². The molecule has 2 atom stereocenters. The van der Waals surface area contributed by atoms with Gasteiger partial charge in [0.25, 0.3) is 5.91 Å². The lowest BCUT2D eigenvalue weighted by molar-refractivity contribution is 0.0854. The molecule has 2 unspecified atom stereocenters. The summed E-state index contributed by atoms with van der Waals surface area (Å²) in [6.07, 6.45) is 3.21. The van der Waals surface area contributed by atoms with Gasteiger partial charge < -0.3 is 15.0 Å². The number of aromatic nitrogens is 1. The van der Waals surface area contributed by atoms with Crippen LogP contribution in [0.15, 0.2) is 42.5 Å². The van der Waals surface area contributed by atoms with Crippen LogP contribution >= 0.6 is 0 Å². The quantitative estimate of drug-likeness (QED) is 0.931. The Morgan fingerprint density at radius 1 is 1.28 bits per heavy atom. The summed E-state index contributed by atoms with van der Waals surface area (Å²) in [5.41, 5.74) is 2.96. The summed E-state index contributed by atoms with van der Waals surface area (Å²) in [5, 5.41) is 2.94. The highest BCUT2D eigenvalue weighted by atomic mass is 16.5. The average Bonchev–Trinajstić information content (AvgIpc) is 3.26. The Morgan fingerprint density at radius 3 is 3.00 bits per heavy atom. The van der Waals surface area contributed by atoms with Gasteiger partial charge in [-0.3, -0.25) is 4.79 Å². The van der Waals surface area contributed by atoms with Crippen LogP contribution in [0.25, 0.3) is 0 Å². The van der Waals surface area contributed by atoms with E-state index in [0.29, 0.717) is 18.3 Å². The number of rotatable bonds is 4. The first-order chi connectivity index (χ1) is 12.2. The summed E-state index contributed by atoms with van der Waals surface area (Å²) in [5.74, 6) is 0.680. The summed E-state index contributed by atoms with van der Waals surface area (Å²) in [6, 6.07) is 14.3. The zero-order valence-corrected chi connectivity index (χ0v) is 14.4. The van der Waals surface area contributed by atoms with Gasteiger partial charge in [-0.1, -0.05) is 24.3 Å². The minimum absolute atomic E-state index is 0.137. The second-order valence-electron chi connectivity index (χ2n) is 6.78. The number of carbonyl (C=O) groups is 1. The maximum absolute atomic E-state index is 12.4. The predicted molar refractivity (Wildman–Crippen MR) is 97.3 cm³/mol. The summed E-state index contributed by atoms with van der Waals surface area (Å²) < 4.78 is 5.55. The molecule has 0 bridgehead atoms. The number of benzene rings is 1. The zero-order valence-electron chi connectivity index (χ0n) is 14.4. The molecule has 2 aromatic rings. The molecule has 1 aromatic carbocycles. The monoisotopic (exact) mass is 337 g/mol. The molecular formula is C20H23N3O2. The van der Waals surface area contributed by atoms with E-state index in [1.54, 1.807) is 6.07 Å². The molecule has 5 nitrogen and oxygen atoms in total. The maximum atomic E-state index is 12.4. The normalized spacial score (nSPS) is 22.0. The molecule has 0 saturated carbocycles. The Hall–Kier alpha value is -2.40. The second kappa shape index (κ2) is 6.84. The Morgan fingerprint density at radius 2 is 2.16 bits per heavy atom. The number of para-hydroxylation sites is 1. The fourth-order valence-corrected chi connectivity index (χ4v) is 3.70. The number of amides is 1. The van der Waals surface area contributed by atoms with Crippen LogP contribution in [0.4, 0.5) is 11.5 Å². The molecule has 1 fully saturated rings. The number of carbonyl (C=O) groups excluding carboxylic acids is 1. The number of ether oxygens (including phenoxy) is 1. The number of hydrogen-bond acceptors (Lipinski definition) is 4. The summed E-state index contributed by atoms with van der Waals surface area (Å²) in [6.45, 7) is 3.53. The maximum Gasteiger partial charge on any atom is 0.270 e. The molecule has 2 aliphatic heterocycles. The van der Waals surface area contributed by atoms with Crippen molar-refractivity contribution in [2.75, 3.05) is 18.1 Å². The third-order valence-corrected chi connectivity index (χ3v) is 4.94. The van der Waals surface area contributed by atoms with E-state index in [9.17, 15) is 4.79 Å². The molecule has 3 heterocycles. The van der Waals surface area contributed by atoms with Crippen molar-refractivity contribution in [3.05, 3.63) is 53.7 Å². The van der Waals surface area contributed by atoms with E-state index in [0.717, 1.165) is 31.7 Å². The Labute approximate surface area is 148 Å². The third-order valence-electron chi connectivity index (χ3n) is 4.94. The minimum Gasteiger partial charge on any atom is -0.376 e. The predicted octanol–water partition coefficient (Wildman–Crippen LogP) is 3.07. The molecule has 2 aliphatic rings. The lowest BCUT2D eigenvalue weighted by Gasteiger charge is -2.24. The van der Waals surface area contributed by atoms with Crippen molar-refractivity contribution in [2.45, 2.75) is 38.3 Å². The lowest BCUT2D eigenvalue weighted by atomic mass is 10.1. The molecule has 1 aromatic heterocycles. The largest absolute Gasteiger partial charge is 0.376 e. The Bertz CT molecular complexity index is 771. The SMILES string of the molecule is CC1Cc2ccccc2N1c1cccc(C(=O)NCC2CCCO2)n1. The summed E-state index contributed by atoms with van der Waals surface area (Å²) >= 11 is 0. The molecule has 1 amide bonds. The van der Waals surface area contributed by atoms with Gasteiger partial charge >= 0.3 is 0 Å². The van der Waals surface area contributed by atoms with Crippen LogP contribution in [0.2, 0.25) is 0 Å². The van der Waals surface area contributed by atoms with Crippen molar-refractivity contribution < 1.29 is 9.53 Å². The van der Waals surface area contributed by atoms with Crippen LogP contribution in [0.3, 0.4) is 0 Å². The molecule has 0 radical (unpaired) electrons. The van der Waals surface area contributed by atoms with Crippen LogP contribution in [0.1, 0.15) is 35.8 Å². The van der Waals surface area contributed by atoms with Crippen molar-refractivity contribution in [1.82, 2.24) is 10.3 Å². The van der Waals surface area contributed by atoms with Crippen molar-refractivity contribution in [1.29, 1.82) is 0 Å². The highest BCUT2D eigenvalue weighted by molar-refractivity contribution is 5.92. The van der Waals surface area contributed by atoms with Gasteiger partial charge in [0.05, 0.1) is 6.10 Å². The van der Waals surface area contributed by atoms with E-state index in [1.165, 1.54) is 11.3 Å². The molecule has 1 N–H and O–H groups in total. The third kappa shape index (κ3) is 3.24. The zero-order chi connectivity index (χ0) is 17.2. The van der Waals surface area contributed by atoms with Gasteiger partial charge in [-0.2, -0.15) is 0 Å². The van der Waals surface area contributed by atoms with Crippen LogP contribution in [0, 0.1) is 0 Å². The summed E-state index contributed by atoms with van der Waals surface area (Å²) in [7, 11) is 0. The number of nitrogens with one attached hydrogen (secondary N) is 1. The Balaban J connectivity index is 1.52. The first kappa shape index (κ1) is 16.1. The van der Waals surface area contributed by atoms with E-state index >= 15 is 0 Å². The number of fused-ring (bicyclic) bond motifs is 1. The van der Waals surface area contributed by atoms with Gasteiger partial charge in [0.2, 0.25) is 0 Å². The molecule has 0 aliphatic carbocycles. The van der Waals surface area contributed by atoms with Gasteiger partial charge in [0, 0.05) is 24.9 Å². The lowest BCUT2D eigenvalue weighted by Crippen LogP contribution is -2.32. The molecule has 4 rings (SSSR count). The van der Waals surface area contributed by atoms with E-state index in [-0.39, 0.29) is 12.0 Å². The van der Waals surface area contributed by atoms with E-state index in [4.69, 9.17) is 4.74 Å². The average molecular weight is 337 g/mol. The number of pyridine rings is 1. The molecular weight excluding hydrogens is 314 g/mol. The number of nitrogens with zero attached hydrogens (tertiary/aromatic N) is 2. The van der Waals surface area contributed by atoms with Gasteiger partial charge in [0.15, 0.2) is 0 Å². The minimum atomic E-state index is -0.141. The topological polar surface area (TPSA) is 54.5 Å². The van der Waals surface area contributed by atoms with E-state index in [2.05, 4.69) is 40.3 Å². The van der Waals surface area contributed by atoms with Gasteiger partial charge in [-0.25, -0.2) is 4.98 Å². The van der Waals surface area contributed by atoms with Crippen molar-refractivity contribution in [2.24, 2.45) is 0 Å². The van der Waals surface area contributed by atoms with Gasteiger partial charge in [0.1, 0.15) is 11.5 Å². The smallest absolute Gasteiger partial charge is 0.270 e. The molecule has 130 valence electrons. The molecule has 5 heteroatoms. The standard InChI is InChI=1S/C20H23N3O2/c1-14-12-15-6-2-3-9-18(15)23(14)19-10-4-8-17(22-19)20(24)21-13-16-7-5-11-25-16/h2-4,6,8-10,14,16H,5,7,11-13H2,1H3,(H,21,24). The Kier molecular flexibility index (Phi) is 4.40. The van der Waals surface area contributed by atoms with E-state index < -0.39 is 0 Å². The molecule has 0 spiro atoms. The highest BCUT2D eigenvalue weighted by Gasteiger charge is 2.28. The molecule has 1 saturated heterocycles. The van der Waals surface area contributed by atoms with Crippen molar-refractivity contribution >= 4 is 17.4 Å². The first-order valence-electron chi connectivity index (χ1n) is 8.96. The first-order valence-corrected chi connectivity index (χ1v) is 8.96. The second-order valence-corrected chi connectivity index (χ2v) is 6.78. The van der Waals surface area contributed by atoms with Gasteiger partial charge in [-0.05, 0) is 49.9 Å². The van der Waals surface area contributed by atoms with Crippen LogP contribution in [0.5, 0.6) is 0 Å². The number of anilines is 2. The fraction of sp³-hybridized carbons (Fsp3) is 0.400. The van der Waals surface area contributed by atoms with Crippen molar-refractivity contribution in [3.63, 3.8) is 0 Å². The van der Waals surface area contributed by atoms with Crippen LogP contribution in [-0.2, 0) is 11.2 Å². The molecule has 25 heavy (non-hydrogen) atoms. The summed E-state index contributed by atoms with van der Waals surface area (Å²) in [4.78, 5) is 19.3. The van der Waals surface area contributed by atoms with Gasteiger partial charge in [-0.15, -0.1) is 0 Å². The highest BCUT2D eigenvalue weighted by Crippen LogP contribution is 2.37. The fourth-order valence-electron chi connectivity index (χ4n) is 3.70. The van der Waals surface area contributed by atoms with Crippen LogP contribution in [-0.4, -0.2) is 36.2 Å².